The largest absolute Gasteiger partial charge is 0.480 e. The van der Waals surface area contributed by atoms with Gasteiger partial charge in [0.25, 0.3) is 0 Å². The SMILES string of the molecule is Cc1ccc(/C=C/c2ccccc2NCC(=O)O)cc1. The fourth-order valence-electron chi connectivity index (χ4n) is 1.84. The van der Waals surface area contributed by atoms with Crippen molar-refractivity contribution in [3.63, 3.8) is 0 Å². The van der Waals surface area contributed by atoms with Crippen LogP contribution in [0.4, 0.5) is 5.69 Å². The van der Waals surface area contributed by atoms with Gasteiger partial charge in [0.15, 0.2) is 0 Å². The van der Waals surface area contributed by atoms with Gasteiger partial charge < -0.3 is 10.4 Å². The van der Waals surface area contributed by atoms with Crippen LogP contribution < -0.4 is 5.32 Å². The van der Waals surface area contributed by atoms with Crippen LogP contribution in [0.1, 0.15) is 16.7 Å². The van der Waals surface area contributed by atoms with E-state index in [4.69, 9.17) is 5.11 Å². The van der Waals surface area contributed by atoms with Crippen LogP contribution in [0.5, 0.6) is 0 Å². The van der Waals surface area contributed by atoms with Crippen LogP contribution in [-0.4, -0.2) is 17.6 Å². The van der Waals surface area contributed by atoms with Gasteiger partial charge in [-0.25, -0.2) is 0 Å². The Morgan fingerprint density at radius 1 is 1.10 bits per heavy atom. The van der Waals surface area contributed by atoms with Crippen molar-refractivity contribution >= 4 is 23.8 Å². The molecule has 0 radical (unpaired) electrons. The molecule has 2 rings (SSSR count). The number of carbonyl (C=O) groups is 1. The Labute approximate surface area is 118 Å². The highest BCUT2D eigenvalue weighted by molar-refractivity contribution is 5.79. The Hall–Kier alpha value is -2.55. The summed E-state index contributed by atoms with van der Waals surface area (Å²) in [7, 11) is 0. The number of carboxylic acid groups (broad SMARTS) is 1. The second-order valence-electron chi connectivity index (χ2n) is 4.58. The molecule has 0 fully saturated rings. The summed E-state index contributed by atoms with van der Waals surface area (Å²) in [6.45, 7) is 1.97. The van der Waals surface area contributed by atoms with Crippen molar-refractivity contribution in [1.82, 2.24) is 0 Å². The van der Waals surface area contributed by atoms with E-state index in [2.05, 4.69) is 36.5 Å². The number of hydrogen-bond donors (Lipinski definition) is 2. The van der Waals surface area contributed by atoms with Gasteiger partial charge in [-0.2, -0.15) is 0 Å². The predicted octanol–water partition coefficient (Wildman–Crippen LogP) is 3.66. The molecule has 2 aromatic carbocycles. The lowest BCUT2D eigenvalue weighted by molar-refractivity contribution is -0.134. The minimum absolute atomic E-state index is 0.0879. The van der Waals surface area contributed by atoms with E-state index in [0.29, 0.717) is 0 Å². The fraction of sp³-hybridized carbons (Fsp3) is 0.118. The van der Waals surface area contributed by atoms with Crippen molar-refractivity contribution < 1.29 is 9.90 Å². The molecule has 0 aliphatic rings. The van der Waals surface area contributed by atoms with Crippen LogP contribution in [0.3, 0.4) is 0 Å². The third-order valence-corrected chi connectivity index (χ3v) is 2.92. The first kappa shape index (κ1) is 13.9. The zero-order valence-corrected chi connectivity index (χ0v) is 11.3. The summed E-state index contributed by atoms with van der Waals surface area (Å²) in [6, 6.07) is 15.9. The number of benzene rings is 2. The molecule has 0 unspecified atom stereocenters. The lowest BCUT2D eigenvalue weighted by atomic mass is 10.1. The van der Waals surface area contributed by atoms with Gasteiger partial charge in [-0.3, -0.25) is 4.79 Å². The average molecular weight is 267 g/mol. The summed E-state index contributed by atoms with van der Waals surface area (Å²) in [6.07, 6.45) is 4.00. The fourth-order valence-corrected chi connectivity index (χ4v) is 1.84. The Morgan fingerprint density at radius 3 is 2.50 bits per heavy atom. The van der Waals surface area contributed by atoms with Gasteiger partial charge in [0, 0.05) is 5.69 Å². The molecule has 0 saturated carbocycles. The number of aryl methyl sites for hydroxylation is 1. The molecule has 0 amide bonds. The van der Waals surface area contributed by atoms with E-state index in [0.717, 1.165) is 16.8 Å². The lowest BCUT2D eigenvalue weighted by Crippen LogP contribution is -2.12. The van der Waals surface area contributed by atoms with E-state index < -0.39 is 5.97 Å². The van der Waals surface area contributed by atoms with Crippen LogP contribution in [-0.2, 0) is 4.79 Å². The summed E-state index contributed by atoms with van der Waals surface area (Å²) in [5.74, 6) is -0.873. The molecule has 0 aliphatic heterocycles. The minimum Gasteiger partial charge on any atom is -0.480 e. The van der Waals surface area contributed by atoms with Crippen LogP contribution in [0.2, 0.25) is 0 Å². The number of rotatable bonds is 5. The van der Waals surface area contributed by atoms with Gasteiger partial charge in [0.2, 0.25) is 0 Å². The second kappa shape index (κ2) is 6.57. The van der Waals surface area contributed by atoms with Crippen LogP contribution >= 0.6 is 0 Å². The quantitative estimate of drug-likeness (QED) is 0.813. The zero-order chi connectivity index (χ0) is 14.4. The topological polar surface area (TPSA) is 49.3 Å². The van der Waals surface area contributed by atoms with Crippen LogP contribution in [0.15, 0.2) is 48.5 Å². The standard InChI is InChI=1S/C17H17NO2/c1-13-6-8-14(9-7-13)10-11-15-4-2-3-5-16(15)18-12-17(19)20/h2-11,18H,12H2,1H3,(H,19,20)/b11-10+. The maximum absolute atomic E-state index is 10.6. The summed E-state index contributed by atoms with van der Waals surface area (Å²) in [4.78, 5) is 10.6. The summed E-state index contributed by atoms with van der Waals surface area (Å²) in [5.41, 5.74) is 4.13. The van der Waals surface area contributed by atoms with Crippen molar-refractivity contribution in [2.24, 2.45) is 0 Å². The Bertz CT molecular complexity index is 615. The van der Waals surface area contributed by atoms with Gasteiger partial charge in [-0.05, 0) is 24.1 Å². The van der Waals surface area contributed by atoms with Crippen LogP contribution in [0, 0.1) is 6.92 Å². The molecule has 0 bridgehead atoms. The molecule has 2 aromatic rings. The molecule has 3 nitrogen and oxygen atoms in total. The highest BCUT2D eigenvalue weighted by Gasteiger charge is 2.00. The first-order valence-electron chi connectivity index (χ1n) is 6.44. The zero-order valence-electron chi connectivity index (χ0n) is 11.3. The summed E-state index contributed by atoms with van der Waals surface area (Å²) >= 11 is 0. The van der Waals surface area contributed by atoms with Gasteiger partial charge >= 0.3 is 5.97 Å². The molecular formula is C17H17NO2. The highest BCUT2D eigenvalue weighted by atomic mass is 16.4. The van der Waals surface area contributed by atoms with E-state index in [-0.39, 0.29) is 6.54 Å². The number of hydrogen-bond acceptors (Lipinski definition) is 2. The number of aliphatic carboxylic acids is 1. The summed E-state index contributed by atoms with van der Waals surface area (Å²) in [5, 5.41) is 11.6. The number of nitrogens with one attached hydrogen (secondary N) is 1. The van der Waals surface area contributed by atoms with Crippen molar-refractivity contribution in [2.45, 2.75) is 6.92 Å². The Kier molecular flexibility index (Phi) is 4.56. The predicted molar refractivity (Wildman–Crippen MR) is 82.7 cm³/mol. The number of para-hydroxylation sites is 1. The van der Waals surface area contributed by atoms with Crippen molar-refractivity contribution in [3.05, 3.63) is 65.2 Å². The monoisotopic (exact) mass is 267 g/mol. The Morgan fingerprint density at radius 2 is 1.80 bits per heavy atom. The van der Waals surface area contributed by atoms with Crippen molar-refractivity contribution in [2.75, 3.05) is 11.9 Å². The molecule has 2 N–H and O–H groups in total. The smallest absolute Gasteiger partial charge is 0.322 e. The minimum atomic E-state index is -0.873. The first-order chi connectivity index (χ1) is 9.65. The lowest BCUT2D eigenvalue weighted by Gasteiger charge is -2.07. The van der Waals surface area contributed by atoms with E-state index in [9.17, 15) is 4.79 Å². The second-order valence-corrected chi connectivity index (χ2v) is 4.58. The number of anilines is 1. The van der Waals surface area contributed by atoms with Gasteiger partial charge in [0.1, 0.15) is 6.54 Å². The normalized spacial score (nSPS) is 10.7. The van der Waals surface area contributed by atoms with E-state index in [1.54, 1.807) is 0 Å². The maximum atomic E-state index is 10.6. The highest BCUT2D eigenvalue weighted by Crippen LogP contribution is 2.18. The molecule has 3 heteroatoms. The molecule has 0 aromatic heterocycles. The summed E-state index contributed by atoms with van der Waals surface area (Å²) < 4.78 is 0. The molecular weight excluding hydrogens is 250 g/mol. The van der Waals surface area contributed by atoms with Crippen molar-refractivity contribution in [1.29, 1.82) is 0 Å². The molecule has 20 heavy (non-hydrogen) atoms. The number of carboxylic acids is 1. The van der Waals surface area contributed by atoms with Crippen molar-refractivity contribution in [3.8, 4) is 0 Å². The molecule has 102 valence electrons. The molecule has 0 atom stereocenters. The first-order valence-corrected chi connectivity index (χ1v) is 6.44. The van der Waals surface area contributed by atoms with Gasteiger partial charge in [-0.1, -0.05) is 60.2 Å². The van der Waals surface area contributed by atoms with E-state index >= 15 is 0 Å². The average Bonchev–Trinajstić information content (AvgIpc) is 2.45. The third-order valence-electron chi connectivity index (χ3n) is 2.92. The molecule has 0 saturated heterocycles. The van der Waals surface area contributed by atoms with Gasteiger partial charge in [-0.15, -0.1) is 0 Å². The molecule has 0 spiro atoms. The van der Waals surface area contributed by atoms with Gasteiger partial charge in [0.05, 0.1) is 0 Å². The van der Waals surface area contributed by atoms with E-state index in [1.165, 1.54) is 5.56 Å². The third kappa shape index (κ3) is 3.99. The maximum Gasteiger partial charge on any atom is 0.322 e. The Balaban J connectivity index is 2.16. The van der Waals surface area contributed by atoms with Crippen LogP contribution in [0.25, 0.3) is 12.2 Å². The molecule has 0 aliphatic carbocycles. The van der Waals surface area contributed by atoms with E-state index in [1.807, 2.05) is 36.4 Å². The molecule has 0 heterocycles.